The van der Waals surface area contributed by atoms with Gasteiger partial charge in [0.2, 0.25) is 5.91 Å². The van der Waals surface area contributed by atoms with Crippen molar-refractivity contribution in [2.24, 2.45) is 0 Å². The van der Waals surface area contributed by atoms with E-state index in [1.165, 1.54) is 0 Å². The summed E-state index contributed by atoms with van der Waals surface area (Å²) < 4.78 is 0. The number of hydrogen-bond donors (Lipinski definition) is 2. The minimum atomic E-state index is -1.16. The van der Waals surface area contributed by atoms with Gasteiger partial charge in [0.15, 0.2) is 0 Å². The summed E-state index contributed by atoms with van der Waals surface area (Å²) in [6.45, 7) is 1.82. The van der Waals surface area contributed by atoms with E-state index < -0.39 is 6.09 Å². The maximum absolute atomic E-state index is 11.6. The number of likely N-dealkylation sites (tertiary alicyclic amines) is 1. The second-order valence-electron chi connectivity index (χ2n) is 4.20. The Labute approximate surface area is 95.2 Å². The Morgan fingerprint density at radius 2 is 2.00 bits per heavy atom. The van der Waals surface area contributed by atoms with Crippen LogP contribution in [0.4, 0.5) is 4.79 Å². The van der Waals surface area contributed by atoms with Gasteiger partial charge in [0, 0.05) is 13.1 Å². The van der Waals surface area contributed by atoms with E-state index in [9.17, 15) is 9.59 Å². The summed E-state index contributed by atoms with van der Waals surface area (Å²) in [5.74, 6) is -0.169. The molecule has 1 aliphatic rings. The van der Waals surface area contributed by atoms with E-state index in [0.29, 0.717) is 0 Å². The molecule has 0 aromatic rings. The number of nitrogens with one attached hydrogen (secondary N) is 1. The fraction of sp³-hybridized carbons (Fsp3) is 0.800. The lowest BCUT2D eigenvalue weighted by atomic mass is 10.0. The van der Waals surface area contributed by atoms with Crippen molar-refractivity contribution < 1.29 is 14.7 Å². The van der Waals surface area contributed by atoms with Crippen molar-refractivity contribution in [3.8, 4) is 0 Å². The number of carboxylic acid groups (broad SMARTS) is 1. The Morgan fingerprint density at radius 1 is 1.44 bits per heavy atom. The van der Waals surface area contributed by atoms with Crippen molar-refractivity contribution in [1.29, 1.82) is 0 Å². The lowest BCUT2D eigenvalue weighted by molar-refractivity contribution is -0.131. The summed E-state index contributed by atoms with van der Waals surface area (Å²) in [6.07, 6.45) is 0.739. The Balaban J connectivity index is 2.35. The van der Waals surface area contributed by atoms with E-state index in [1.807, 2.05) is 0 Å². The van der Waals surface area contributed by atoms with Crippen molar-refractivity contribution in [2.45, 2.75) is 18.9 Å². The second kappa shape index (κ2) is 5.69. The van der Waals surface area contributed by atoms with E-state index in [-0.39, 0.29) is 18.5 Å². The maximum atomic E-state index is 11.6. The van der Waals surface area contributed by atoms with Gasteiger partial charge in [-0.1, -0.05) is 0 Å². The molecule has 6 nitrogen and oxygen atoms in total. The third kappa shape index (κ3) is 3.69. The predicted molar refractivity (Wildman–Crippen MR) is 59.3 cm³/mol. The first-order chi connectivity index (χ1) is 7.50. The largest absolute Gasteiger partial charge is 0.465 e. The first kappa shape index (κ1) is 12.8. The molecule has 0 atom stereocenters. The summed E-state index contributed by atoms with van der Waals surface area (Å²) >= 11 is 0. The SMILES string of the molecule is CN1CCC(N(C)C(=O)CNC(=O)O)CC1. The monoisotopic (exact) mass is 229 g/mol. The molecule has 16 heavy (non-hydrogen) atoms. The topological polar surface area (TPSA) is 72.9 Å². The van der Waals surface area contributed by atoms with Crippen molar-refractivity contribution >= 4 is 12.0 Å². The number of piperidine rings is 1. The number of carbonyl (C=O) groups is 2. The lowest BCUT2D eigenvalue weighted by Gasteiger charge is -2.35. The van der Waals surface area contributed by atoms with Gasteiger partial charge in [0.25, 0.3) is 0 Å². The van der Waals surface area contributed by atoms with Crippen LogP contribution in [0.1, 0.15) is 12.8 Å². The van der Waals surface area contributed by atoms with Crippen LogP contribution in [0.15, 0.2) is 0 Å². The number of likely N-dealkylation sites (N-methyl/N-ethyl adjacent to an activating group) is 1. The first-order valence-electron chi connectivity index (χ1n) is 5.41. The molecule has 1 heterocycles. The first-order valence-corrected chi connectivity index (χ1v) is 5.41. The van der Waals surface area contributed by atoms with E-state index in [4.69, 9.17) is 5.11 Å². The summed E-state index contributed by atoms with van der Waals surface area (Å²) in [7, 11) is 3.80. The van der Waals surface area contributed by atoms with Gasteiger partial charge in [-0.05, 0) is 33.0 Å². The molecular formula is C10H19N3O3. The van der Waals surface area contributed by atoms with E-state index in [1.54, 1.807) is 11.9 Å². The third-order valence-corrected chi connectivity index (χ3v) is 3.02. The van der Waals surface area contributed by atoms with E-state index >= 15 is 0 Å². The molecule has 0 unspecified atom stereocenters. The number of hydrogen-bond acceptors (Lipinski definition) is 3. The molecule has 92 valence electrons. The van der Waals surface area contributed by atoms with Crippen molar-refractivity contribution in [3.63, 3.8) is 0 Å². The molecule has 2 N–H and O–H groups in total. The van der Waals surface area contributed by atoms with Crippen LogP contribution < -0.4 is 5.32 Å². The van der Waals surface area contributed by atoms with Gasteiger partial charge in [0.05, 0.1) is 0 Å². The fourth-order valence-corrected chi connectivity index (χ4v) is 1.86. The highest BCUT2D eigenvalue weighted by Crippen LogP contribution is 2.13. The Bertz CT molecular complexity index is 262. The normalized spacial score (nSPS) is 18.1. The molecule has 0 aliphatic carbocycles. The molecule has 0 radical (unpaired) electrons. The van der Waals surface area contributed by atoms with Gasteiger partial charge in [-0.15, -0.1) is 0 Å². The van der Waals surface area contributed by atoms with Crippen LogP contribution in [0, 0.1) is 0 Å². The van der Waals surface area contributed by atoms with Gasteiger partial charge < -0.3 is 20.2 Å². The quantitative estimate of drug-likeness (QED) is 0.703. The molecule has 1 rings (SSSR count). The highest BCUT2D eigenvalue weighted by molar-refractivity contribution is 5.81. The number of amides is 2. The molecule has 1 fully saturated rings. The van der Waals surface area contributed by atoms with Crippen molar-refractivity contribution in [3.05, 3.63) is 0 Å². The molecule has 0 aromatic carbocycles. The molecule has 1 aliphatic heterocycles. The van der Waals surface area contributed by atoms with Crippen molar-refractivity contribution in [1.82, 2.24) is 15.1 Å². The van der Waals surface area contributed by atoms with Crippen molar-refractivity contribution in [2.75, 3.05) is 33.7 Å². The average Bonchev–Trinajstić information content (AvgIpc) is 2.26. The zero-order chi connectivity index (χ0) is 12.1. The molecule has 0 aromatic heterocycles. The Kier molecular flexibility index (Phi) is 4.54. The van der Waals surface area contributed by atoms with Crippen LogP contribution >= 0.6 is 0 Å². The van der Waals surface area contributed by atoms with Crippen LogP contribution in [0.3, 0.4) is 0 Å². The van der Waals surface area contributed by atoms with Gasteiger partial charge in [-0.3, -0.25) is 4.79 Å². The minimum Gasteiger partial charge on any atom is -0.465 e. The smallest absolute Gasteiger partial charge is 0.405 e. The van der Waals surface area contributed by atoms with Gasteiger partial charge in [0.1, 0.15) is 6.54 Å². The molecule has 0 saturated carbocycles. The van der Waals surface area contributed by atoms with Crippen LogP contribution in [0.25, 0.3) is 0 Å². The lowest BCUT2D eigenvalue weighted by Crippen LogP contribution is -2.47. The maximum Gasteiger partial charge on any atom is 0.405 e. The number of rotatable bonds is 3. The molecular weight excluding hydrogens is 210 g/mol. The van der Waals surface area contributed by atoms with Crippen LogP contribution in [0.5, 0.6) is 0 Å². The minimum absolute atomic E-state index is 0.141. The Hall–Kier alpha value is -1.30. The van der Waals surface area contributed by atoms with E-state index in [2.05, 4.69) is 17.3 Å². The molecule has 1 saturated heterocycles. The highest BCUT2D eigenvalue weighted by atomic mass is 16.4. The van der Waals surface area contributed by atoms with Crippen LogP contribution in [-0.2, 0) is 4.79 Å². The average molecular weight is 229 g/mol. The third-order valence-electron chi connectivity index (χ3n) is 3.02. The second-order valence-corrected chi connectivity index (χ2v) is 4.20. The zero-order valence-electron chi connectivity index (χ0n) is 9.77. The van der Waals surface area contributed by atoms with Gasteiger partial charge >= 0.3 is 6.09 Å². The van der Waals surface area contributed by atoms with E-state index in [0.717, 1.165) is 25.9 Å². The number of nitrogens with zero attached hydrogens (tertiary/aromatic N) is 2. The van der Waals surface area contributed by atoms with Crippen LogP contribution in [0.2, 0.25) is 0 Å². The Morgan fingerprint density at radius 3 is 2.50 bits per heavy atom. The number of carbonyl (C=O) groups excluding carboxylic acids is 1. The zero-order valence-corrected chi connectivity index (χ0v) is 9.77. The fourth-order valence-electron chi connectivity index (χ4n) is 1.86. The molecule has 0 spiro atoms. The summed E-state index contributed by atoms with van der Waals surface area (Å²) in [5, 5.41) is 10.5. The summed E-state index contributed by atoms with van der Waals surface area (Å²) in [5.41, 5.74) is 0. The van der Waals surface area contributed by atoms with Gasteiger partial charge in [-0.25, -0.2) is 4.79 Å². The highest BCUT2D eigenvalue weighted by Gasteiger charge is 2.23. The van der Waals surface area contributed by atoms with Crippen LogP contribution in [-0.4, -0.2) is 66.7 Å². The molecule has 6 heteroatoms. The van der Waals surface area contributed by atoms with Gasteiger partial charge in [-0.2, -0.15) is 0 Å². The predicted octanol–water partition coefficient (Wildman–Crippen LogP) is -0.193. The molecule has 0 bridgehead atoms. The standard InChI is InChI=1S/C10H19N3O3/c1-12-5-3-8(4-6-12)13(2)9(14)7-11-10(15)16/h8,11H,3-7H2,1-2H3,(H,15,16). The molecule has 2 amide bonds. The summed E-state index contributed by atoms with van der Waals surface area (Å²) in [6, 6.07) is 0.235. The summed E-state index contributed by atoms with van der Waals surface area (Å²) in [4.78, 5) is 25.8.